The molecule has 1 aromatic heterocycles. The maximum atomic E-state index is 12.0. The minimum absolute atomic E-state index is 0.231. The number of anilines is 1. The van der Waals surface area contributed by atoms with E-state index >= 15 is 0 Å². The van der Waals surface area contributed by atoms with E-state index < -0.39 is 12.8 Å². The Hall–Kier alpha value is -1.37. The standard InChI is InChI=1S/C13H20F3N3O/c1-5-17-12-11(8(2)3)9(4)18-10(19-12)6-20-7-13(14,15)16/h8H,5-7H2,1-4H3,(H,17,18,19). The molecule has 0 aliphatic rings. The van der Waals surface area contributed by atoms with Crippen LogP contribution in [0, 0.1) is 6.92 Å². The van der Waals surface area contributed by atoms with Gasteiger partial charge in [0.1, 0.15) is 19.0 Å². The summed E-state index contributed by atoms with van der Waals surface area (Å²) < 4.78 is 40.7. The van der Waals surface area contributed by atoms with E-state index in [0.29, 0.717) is 12.4 Å². The van der Waals surface area contributed by atoms with Crippen LogP contribution >= 0.6 is 0 Å². The summed E-state index contributed by atoms with van der Waals surface area (Å²) in [6.07, 6.45) is -4.34. The summed E-state index contributed by atoms with van der Waals surface area (Å²) in [5.41, 5.74) is 1.74. The molecular weight excluding hydrogens is 271 g/mol. The first-order valence-corrected chi connectivity index (χ1v) is 6.50. The molecule has 0 aliphatic carbocycles. The minimum Gasteiger partial charge on any atom is -0.370 e. The van der Waals surface area contributed by atoms with Crippen LogP contribution in [0.25, 0.3) is 0 Å². The van der Waals surface area contributed by atoms with Crippen molar-refractivity contribution in [1.29, 1.82) is 0 Å². The van der Waals surface area contributed by atoms with Crippen molar-refractivity contribution in [2.24, 2.45) is 0 Å². The number of rotatable bonds is 6. The molecule has 1 aromatic rings. The highest BCUT2D eigenvalue weighted by Gasteiger charge is 2.27. The lowest BCUT2D eigenvalue weighted by Gasteiger charge is -2.16. The van der Waals surface area contributed by atoms with Crippen molar-refractivity contribution in [3.8, 4) is 0 Å². The number of ether oxygens (including phenoxy) is 1. The van der Waals surface area contributed by atoms with Gasteiger partial charge in [0, 0.05) is 17.8 Å². The Morgan fingerprint density at radius 2 is 1.90 bits per heavy atom. The maximum absolute atomic E-state index is 12.0. The molecule has 114 valence electrons. The zero-order valence-electron chi connectivity index (χ0n) is 12.1. The predicted molar refractivity (Wildman–Crippen MR) is 70.7 cm³/mol. The molecule has 0 bridgehead atoms. The summed E-state index contributed by atoms with van der Waals surface area (Å²) in [6, 6.07) is 0. The van der Waals surface area contributed by atoms with E-state index in [9.17, 15) is 13.2 Å². The van der Waals surface area contributed by atoms with E-state index in [1.54, 1.807) is 0 Å². The average molecular weight is 291 g/mol. The second kappa shape index (κ2) is 6.88. The molecule has 1 heterocycles. The molecule has 0 radical (unpaired) electrons. The first kappa shape index (κ1) is 16.7. The molecule has 7 heteroatoms. The van der Waals surface area contributed by atoms with Crippen LogP contribution in [0.4, 0.5) is 19.0 Å². The van der Waals surface area contributed by atoms with Gasteiger partial charge in [0.05, 0.1) is 0 Å². The highest BCUT2D eigenvalue weighted by molar-refractivity contribution is 5.48. The van der Waals surface area contributed by atoms with E-state index in [0.717, 1.165) is 11.3 Å². The SMILES string of the molecule is CCNc1nc(COCC(F)(F)F)nc(C)c1C(C)C. The monoisotopic (exact) mass is 291 g/mol. The fourth-order valence-electron chi connectivity index (χ4n) is 1.96. The van der Waals surface area contributed by atoms with E-state index in [1.165, 1.54) is 0 Å². The quantitative estimate of drug-likeness (QED) is 0.872. The number of halogens is 3. The first-order valence-electron chi connectivity index (χ1n) is 6.50. The average Bonchev–Trinajstić information content (AvgIpc) is 2.26. The van der Waals surface area contributed by atoms with Gasteiger partial charge in [0.2, 0.25) is 0 Å². The van der Waals surface area contributed by atoms with Gasteiger partial charge in [0.15, 0.2) is 5.82 Å². The summed E-state index contributed by atoms with van der Waals surface area (Å²) in [7, 11) is 0. The van der Waals surface area contributed by atoms with E-state index in [-0.39, 0.29) is 18.3 Å². The van der Waals surface area contributed by atoms with Crippen LogP contribution in [-0.2, 0) is 11.3 Å². The molecule has 1 N–H and O–H groups in total. The Morgan fingerprint density at radius 1 is 1.25 bits per heavy atom. The van der Waals surface area contributed by atoms with Crippen molar-refractivity contribution in [1.82, 2.24) is 9.97 Å². The Bertz CT molecular complexity index is 447. The number of nitrogens with zero attached hydrogens (tertiary/aromatic N) is 2. The van der Waals surface area contributed by atoms with Gasteiger partial charge in [-0.05, 0) is 19.8 Å². The lowest BCUT2D eigenvalue weighted by atomic mass is 10.0. The van der Waals surface area contributed by atoms with Crippen LogP contribution < -0.4 is 5.32 Å². The van der Waals surface area contributed by atoms with Gasteiger partial charge in [-0.15, -0.1) is 0 Å². The lowest BCUT2D eigenvalue weighted by Crippen LogP contribution is -2.18. The van der Waals surface area contributed by atoms with Crippen molar-refractivity contribution < 1.29 is 17.9 Å². The molecule has 0 unspecified atom stereocenters. The molecule has 0 saturated heterocycles. The van der Waals surface area contributed by atoms with Crippen LogP contribution in [0.2, 0.25) is 0 Å². The maximum Gasteiger partial charge on any atom is 0.411 e. The normalized spacial score (nSPS) is 12.0. The number of nitrogens with one attached hydrogen (secondary N) is 1. The minimum atomic E-state index is -4.34. The Morgan fingerprint density at radius 3 is 2.40 bits per heavy atom. The number of alkyl halides is 3. The van der Waals surface area contributed by atoms with E-state index in [2.05, 4.69) is 20.0 Å². The molecule has 0 spiro atoms. The molecule has 0 aromatic carbocycles. The fraction of sp³-hybridized carbons (Fsp3) is 0.692. The Labute approximate surface area is 116 Å². The second-order valence-corrected chi connectivity index (χ2v) is 4.78. The third-order valence-electron chi connectivity index (χ3n) is 2.60. The van der Waals surface area contributed by atoms with Crippen LogP contribution in [0.15, 0.2) is 0 Å². The van der Waals surface area contributed by atoms with Crippen molar-refractivity contribution in [2.45, 2.75) is 46.4 Å². The Balaban J connectivity index is 2.88. The summed E-state index contributed by atoms with van der Waals surface area (Å²) >= 11 is 0. The van der Waals surface area contributed by atoms with Crippen molar-refractivity contribution in [3.05, 3.63) is 17.1 Å². The molecule has 4 nitrogen and oxygen atoms in total. The van der Waals surface area contributed by atoms with Gasteiger partial charge < -0.3 is 10.1 Å². The third-order valence-corrected chi connectivity index (χ3v) is 2.60. The highest BCUT2D eigenvalue weighted by Crippen LogP contribution is 2.25. The first-order chi connectivity index (χ1) is 9.24. The number of hydrogen-bond acceptors (Lipinski definition) is 4. The van der Waals surface area contributed by atoms with Gasteiger partial charge in [-0.1, -0.05) is 13.8 Å². The summed E-state index contributed by atoms with van der Waals surface area (Å²) in [4.78, 5) is 8.46. The largest absolute Gasteiger partial charge is 0.411 e. The third kappa shape index (κ3) is 4.96. The van der Waals surface area contributed by atoms with Crippen LogP contribution in [0.1, 0.15) is 43.8 Å². The molecular formula is C13H20F3N3O. The van der Waals surface area contributed by atoms with Crippen LogP contribution in [0.5, 0.6) is 0 Å². The number of aryl methyl sites for hydroxylation is 1. The van der Waals surface area contributed by atoms with Crippen LogP contribution in [-0.4, -0.2) is 29.3 Å². The molecule has 1 rings (SSSR count). The zero-order chi connectivity index (χ0) is 15.3. The molecule has 20 heavy (non-hydrogen) atoms. The summed E-state index contributed by atoms with van der Waals surface area (Å²) in [6.45, 7) is 6.93. The van der Waals surface area contributed by atoms with Crippen molar-refractivity contribution in [3.63, 3.8) is 0 Å². The van der Waals surface area contributed by atoms with Gasteiger partial charge >= 0.3 is 6.18 Å². The molecule has 0 atom stereocenters. The summed E-state index contributed by atoms with van der Waals surface area (Å²) in [5, 5.41) is 3.12. The zero-order valence-corrected chi connectivity index (χ0v) is 12.1. The lowest BCUT2D eigenvalue weighted by molar-refractivity contribution is -0.177. The van der Waals surface area contributed by atoms with E-state index in [4.69, 9.17) is 0 Å². The van der Waals surface area contributed by atoms with Crippen molar-refractivity contribution in [2.75, 3.05) is 18.5 Å². The molecule has 0 fully saturated rings. The van der Waals surface area contributed by atoms with Gasteiger partial charge in [-0.25, -0.2) is 9.97 Å². The summed E-state index contributed by atoms with van der Waals surface area (Å²) in [5.74, 6) is 1.15. The van der Waals surface area contributed by atoms with E-state index in [1.807, 2.05) is 27.7 Å². The number of aromatic nitrogens is 2. The van der Waals surface area contributed by atoms with Crippen molar-refractivity contribution >= 4 is 5.82 Å². The second-order valence-electron chi connectivity index (χ2n) is 4.78. The van der Waals surface area contributed by atoms with Gasteiger partial charge in [-0.3, -0.25) is 0 Å². The molecule has 0 saturated carbocycles. The van der Waals surface area contributed by atoms with Gasteiger partial charge in [-0.2, -0.15) is 13.2 Å². The number of hydrogen-bond donors (Lipinski definition) is 1. The van der Waals surface area contributed by atoms with Crippen LogP contribution in [0.3, 0.4) is 0 Å². The smallest absolute Gasteiger partial charge is 0.370 e. The topological polar surface area (TPSA) is 47.0 Å². The highest BCUT2D eigenvalue weighted by atomic mass is 19.4. The molecule has 0 aliphatic heterocycles. The van der Waals surface area contributed by atoms with Gasteiger partial charge in [0.25, 0.3) is 0 Å². The predicted octanol–water partition coefficient (Wildman–Crippen LogP) is 3.42. The molecule has 0 amide bonds. The fourth-order valence-corrected chi connectivity index (χ4v) is 1.96. The Kier molecular flexibility index (Phi) is 5.74.